The number of aryl methyl sites for hydroxylation is 4. The molecule has 4 aromatic carbocycles. The molecule has 0 aliphatic carbocycles. The van der Waals surface area contributed by atoms with Gasteiger partial charge in [0, 0.05) is 11.8 Å². The van der Waals surface area contributed by atoms with Gasteiger partial charge in [0.1, 0.15) is 23.0 Å². The first-order valence-electron chi connectivity index (χ1n) is 16.2. The summed E-state index contributed by atoms with van der Waals surface area (Å²) in [5.74, 6) is 1.57. The van der Waals surface area contributed by atoms with Gasteiger partial charge >= 0.3 is 0 Å². The van der Waals surface area contributed by atoms with Crippen molar-refractivity contribution in [2.75, 3.05) is 0 Å². The highest BCUT2D eigenvalue weighted by molar-refractivity contribution is 5.57. The zero-order chi connectivity index (χ0) is 33.7. The molecule has 0 aromatic heterocycles. The summed E-state index contributed by atoms with van der Waals surface area (Å²) in [5, 5.41) is 43.0. The first kappa shape index (κ1) is 34.0. The lowest BCUT2D eigenvalue weighted by Crippen LogP contribution is -2.12. The molecule has 0 radical (unpaired) electrons. The topological polar surface area (TPSA) is 80.9 Å². The van der Waals surface area contributed by atoms with Gasteiger partial charge in [-0.1, -0.05) is 30.7 Å². The first-order chi connectivity index (χ1) is 21.0. The van der Waals surface area contributed by atoms with Crippen LogP contribution in [0.5, 0.6) is 23.0 Å². The molecule has 0 amide bonds. The Labute approximate surface area is 270 Å². The van der Waals surface area contributed by atoms with Gasteiger partial charge in [0.2, 0.25) is 0 Å². The van der Waals surface area contributed by atoms with E-state index in [0.717, 1.165) is 86.0 Å². The van der Waals surface area contributed by atoms with Gasteiger partial charge in [-0.05, 0) is 185 Å². The van der Waals surface area contributed by atoms with E-state index in [1.54, 1.807) is 0 Å². The highest BCUT2D eigenvalue weighted by Crippen LogP contribution is 2.44. The van der Waals surface area contributed by atoms with Crippen LogP contribution >= 0.6 is 0 Å². The number of aromatic hydroxyl groups is 4. The quantitative estimate of drug-likeness (QED) is 0.160. The van der Waals surface area contributed by atoms with Crippen molar-refractivity contribution in [1.82, 2.24) is 0 Å². The van der Waals surface area contributed by atoms with Crippen molar-refractivity contribution in [3.05, 3.63) is 113 Å². The van der Waals surface area contributed by atoms with Crippen LogP contribution in [0.4, 0.5) is 0 Å². The van der Waals surface area contributed by atoms with Gasteiger partial charge < -0.3 is 20.4 Å². The average Bonchev–Trinajstić information content (AvgIpc) is 3.01. The molecule has 0 saturated heterocycles. The second-order valence-corrected chi connectivity index (χ2v) is 13.6. The molecule has 45 heavy (non-hydrogen) atoms. The maximum absolute atomic E-state index is 10.8. The third-order valence-electron chi connectivity index (χ3n) is 10.9. The van der Waals surface area contributed by atoms with E-state index in [1.165, 1.54) is 22.3 Å². The fourth-order valence-corrected chi connectivity index (χ4v) is 7.33. The van der Waals surface area contributed by atoms with Gasteiger partial charge in [0.05, 0.1) is 0 Å². The molecule has 0 saturated carbocycles. The third kappa shape index (κ3) is 6.04. The van der Waals surface area contributed by atoms with Crippen molar-refractivity contribution >= 4 is 0 Å². The lowest BCUT2D eigenvalue weighted by atomic mass is 9.76. The SMILES string of the molecule is Cc1cc(C(CCCC(c2cc(C)c(O)c(C)c2C)c2cc(C)c(O)c(C)c2C)c2cc(C)c(O)c(C)c2C)c(C)c(C)c1O. The van der Waals surface area contributed by atoms with Crippen LogP contribution in [-0.4, -0.2) is 20.4 Å². The Morgan fingerprint density at radius 2 is 0.556 bits per heavy atom. The van der Waals surface area contributed by atoms with Crippen LogP contribution in [0.3, 0.4) is 0 Å². The Kier molecular flexibility index (Phi) is 9.68. The summed E-state index contributed by atoms with van der Waals surface area (Å²) in [5.41, 5.74) is 16.4. The summed E-state index contributed by atoms with van der Waals surface area (Å²) < 4.78 is 0. The molecule has 0 aliphatic heterocycles. The normalized spacial score (nSPS) is 11.7. The predicted molar refractivity (Wildman–Crippen MR) is 187 cm³/mol. The lowest BCUT2D eigenvalue weighted by Gasteiger charge is -2.28. The van der Waals surface area contributed by atoms with Crippen LogP contribution in [0.15, 0.2) is 24.3 Å². The van der Waals surface area contributed by atoms with Crippen LogP contribution < -0.4 is 0 Å². The highest BCUT2D eigenvalue weighted by atomic mass is 16.3. The van der Waals surface area contributed by atoms with E-state index in [0.29, 0.717) is 23.0 Å². The second kappa shape index (κ2) is 12.8. The largest absolute Gasteiger partial charge is 0.507 e. The van der Waals surface area contributed by atoms with Gasteiger partial charge in [-0.3, -0.25) is 0 Å². The van der Waals surface area contributed by atoms with Crippen molar-refractivity contribution in [3.63, 3.8) is 0 Å². The van der Waals surface area contributed by atoms with Crippen molar-refractivity contribution < 1.29 is 20.4 Å². The van der Waals surface area contributed by atoms with E-state index in [1.807, 2.05) is 55.4 Å². The molecule has 4 heteroatoms. The molecule has 0 fully saturated rings. The maximum Gasteiger partial charge on any atom is 0.121 e. The number of rotatable bonds is 8. The van der Waals surface area contributed by atoms with Crippen LogP contribution in [0.25, 0.3) is 0 Å². The molecule has 4 nitrogen and oxygen atoms in total. The molecule has 4 aromatic rings. The third-order valence-corrected chi connectivity index (χ3v) is 10.9. The molecule has 0 aliphatic rings. The summed E-state index contributed by atoms with van der Waals surface area (Å²) in [6.45, 7) is 24.2. The Hall–Kier alpha value is -3.92. The molecular weight excluding hydrogens is 556 g/mol. The molecule has 0 spiro atoms. The maximum atomic E-state index is 10.8. The Balaban J connectivity index is 1.87. The predicted octanol–water partition coefficient (Wildman–Crippen LogP) is 10.3. The zero-order valence-electron chi connectivity index (χ0n) is 29.4. The lowest BCUT2D eigenvalue weighted by molar-refractivity contribution is 0.464. The Morgan fingerprint density at radius 3 is 0.756 bits per heavy atom. The minimum absolute atomic E-state index is 0.0791. The zero-order valence-corrected chi connectivity index (χ0v) is 29.4. The van der Waals surface area contributed by atoms with Crippen molar-refractivity contribution in [2.24, 2.45) is 0 Å². The summed E-state index contributed by atoms with van der Waals surface area (Å²) in [6.07, 6.45) is 2.69. The highest BCUT2D eigenvalue weighted by Gasteiger charge is 2.27. The van der Waals surface area contributed by atoms with Gasteiger partial charge in [-0.25, -0.2) is 0 Å². The second-order valence-electron chi connectivity index (χ2n) is 13.6. The molecule has 0 heterocycles. The van der Waals surface area contributed by atoms with Crippen molar-refractivity contribution in [3.8, 4) is 23.0 Å². The standard InChI is InChI=1S/C41H52O4/c1-20-16-34(24(5)28(9)38(20)42)32(35-17-21(2)39(43)29(10)25(35)6)14-13-15-33(36-18-22(3)40(44)30(11)26(36)7)37-19-23(4)41(45)31(12)27(37)8/h16-19,32-33,42-45H,13-15H2,1-12H3. The Bertz CT molecular complexity index is 1540. The summed E-state index contributed by atoms with van der Waals surface area (Å²) >= 11 is 0. The van der Waals surface area contributed by atoms with Gasteiger partial charge in [0.15, 0.2) is 0 Å². The number of benzene rings is 4. The van der Waals surface area contributed by atoms with E-state index >= 15 is 0 Å². The van der Waals surface area contributed by atoms with Gasteiger partial charge in [-0.15, -0.1) is 0 Å². The first-order valence-corrected chi connectivity index (χ1v) is 16.2. The molecule has 4 N–H and O–H groups in total. The molecule has 0 bridgehead atoms. The van der Waals surface area contributed by atoms with Crippen LogP contribution in [0.1, 0.15) is 120 Å². The average molecular weight is 609 g/mol. The van der Waals surface area contributed by atoms with Gasteiger partial charge in [0.25, 0.3) is 0 Å². The number of phenols is 4. The Morgan fingerprint density at radius 1 is 0.356 bits per heavy atom. The smallest absolute Gasteiger partial charge is 0.121 e. The molecule has 0 unspecified atom stereocenters. The van der Waals surface area contributed by atoms with Crippen LogP contribution in [-0.2, 0) is 0 Å². The van der Waals surface area contributed by atoms with Crippen molar-refractivity contribution in [2.45, 2.75) is 114 Å². The molecule has 0 atom stereocenters. The number of hydrogen-bond acceptors (Lipinski definition) is 4. The van der Waals surface area contributed by atoms with Crippen molar-refractivity contribution in [1.29, 1.82) is 0 Å². The number of hydrogen-bond donors (Lipinski definition) is 4. The summed E-state index contributed by atoms with van der Waals surface area (Å²) in [4.78, 5) is 0. The van der Waals surface area contributed by atoms with E-state index in [9.17, 15) is 20.4 Å². The summed E-state index contributed by atoms with van der Waals surface area (Å²) in [6, 6.07) is 8.57. The van der Waals surface area contributed by atoms with E-state index in [-0.39, 0.29) is 11.8 Å². The minimum Gasteiger partial charge on any atom is -0.507 e. The monoisotopic (exact) mass is 608 g/mol. The fraction of sp³-hybridized carbons (Fsp3) is 0.415. The minimum atomic E-state index is 0.0791. The molecule has 4 rings (SSSR count). The van der Waals surface area contributed by atoms with Gasteiger partial charge in [-0.2, -0.15) is 0 Å². The number of phenolic OH excluding ortho intramolecular Hbond substituents is 4. The molecule has 240 valence electrons. The van der Waals surface area contributed by atoms with E-state index < -0.39 is 0 Å². The van der Waals surface area contributed by atoms with Crippen LogP contribution in [0, 0.1) is 83.1 Å². The van der Waals surface area contributed by atoms with E-state index in [4.69, 9.17) is 0 Å². The van der Waals surface area contributed by atoms with Crippen LogP contribution in [0.2, 0.25) is 0 Å². The molecular formula is C41H52O4. The summed E-state index contributed by atoms with van der Waals surface area (Å²) in [7, 11) is 0. The van der Waals surface area contributed by atoms with E-state index in [2.05, 4.69) is 52.0 Å². The fourth-order valence-electron chi connectivity index (χ4n) is 7.33.